The first-order valence-electron chi connectivity index (χ1n) is 13.8. The van der Waals surface area contributed by atoms with Gasteiger partial charge >= 0.3 is 5.97 Å². The molecule has 35 heavy (non-hydrogen) atoms. The van der Waals surface area contributed by atoms with Crippen LogP contribution in [-0.2, 0) is 28.5 Å². The SMILES string of the molecule is CC/C=C(\C)CC(C)(C(=O)OC1CC(OC(C)OC(C)C)CC(OC(C)OC(C)C)C1)C(C)CC. The second-order valence-corrected chi connectivity index (χ2v) is 11.1. The summed E-state index contributed by atoms with van der Waals surface area (Å²) in [6, 6.07) is 0. The maximum atomic E-state index is 13.6. The smallest absolute Gasteiger partial charge is 0.312 e. The predicted molar refractivity (Wildman–Crippen MR) is 141 cm³/mol. The van der Waals surface area contributed by atoms with Gasteiger partial charge in [0.05, 0.1) is 29.8 Å². The lowest BCUT2D eigenvalue weighted by Crippen LogP contribution is -2.44. The zero-order valence-corrected chi connectivity index (χ0v) is 24.4. The summed E-state index contributed by atoms with van der Waals surface area (Å²) in [5.41, 5.74) is 0.661. The second kappa shape index (κ2) is 15.3. The molecule has 0 aromatic heterocycles. The Bertz CT molecular complexity index is 619. The van der Waals surface area contributed by atoms with Crippen molar-refractivity contribution in [3.8, 4) is 0 Å². The van der Waals surface area contributed by atoms with Crippen LogP contribution in [0, 0.1) is 11.3 Å². The van der Waals surface area contributed by atoms with Gasteiger partial charge in [-0.3, -0.25) is 4.79 Å². The van der Waals surface area contributed by atoms with Crippen molar-refractivity contribution in [2.45, 2.75) is 158 Å². The fourth-order valence-corrected chi connectivity index (χ4v) is 5.04. The number of rotatable bonds is 15. The number of carbonyl (C=O) groups is 1. The molecular weight excluding hydrogens is 444 g/mol. The summed E-state index contributed by atoms with van der Waals surface area (Å²) in [5, 5.41) is 0. The molecule has 1 aliphatic carbocycles. The third-order valence-corrected chi connectivity index (χ3v) is 6.91. The minimum absolute atomic E-state index is 0.0735. The molecule has 0 aromatic carbocycles. The highest BCUT2D eigenvalue weighted by molar-refractivity contribution is 5.77. The molecule has 6 nitrogen and oxygen atoms in total. The lowest BCUT2D eigenvalue weighted by Gasteiger charge is -2.39. The molecule has 0 radical (unpaired) electrons. The molecule has 0 amide bonds. The molecule has 0 spiro atoms. The van der Waals surface area contributed by atoms with E-state index < -0.39 is 5.41 Å². The molecule has 1 fully saturated rings. The number of allylic oxidation sites excluding steroid dienone is 2. The lowest BCUT2D eigenvalue weighted by molar-refractivity contribution is -0.227. The van der Waals surface area contributed by atoms with E-state index in [9.17, 15) is 4.79 Å². The highest BCUT2D eigenvalue weighted by Crippen LogP contribution is 2.39. The zero-order valence-electron chi connectivity index (χ0n) is 24.4. The van der Waals surface area contributed by atoms with Gasteiger partial charge in [0.15, 0.2) is 12.6 Å². The molecule has 0 heterocycles. The highest BCUT2D eigenvalue weighted by atomic mass is 16.7. The fraction of sp³-hybridized carbons (Fsp3) is 0.897. The van der Waals surface area contributed by atoms with Crippen molar-refractivity contribution in [1.82, 2.24) is 0 Å². The maximum Gasteiger partial charge on any atom is 0.312 e. The van der Waals surface area contributed by atoms with Gasteiger partial charge in [-0.2, -0.15) is 0 Å². The Kier molecular flexibility index (Phi) is 14.1. The van der Waals surface area contributed by atoms with Crippen LogP contribution in [0.2, 0.25) is 0 Å². The summed E-state index contributed by atoms with van der Waals surface area (Å²) in [7, 11) is 0. The van der Waals surface area contributed by atoms with Crippen LogP contribution in [0.5, 0.6) is 0 Å². The van der Waals surface area contributed by atoms with E-state index in [1.807, 2.05) is 41.5 Å². The standard InChI is InChI=1S/C29H54O6/c1-12-14-21(7)18-29(11,22(8)13-2)28(30)35-27-16-25(33-23(9)31-19(3)4)15-26(17-27)34-24(10)32-20(5)6/h14,19-20,22-27H,12-13,15-18H2,1-11H3/b21-14+. The van der Waals surface area contributed by atoms with E-state index in [1.165, 1.54) is 5.57 Å². The Morgan fingerprint density at radius 2 is 1.31 bits per heavy atom. The molecule has 0 saturated heterocycles. The van der Waals surface area contributed by atoms with Gasteiger partial charge in [0.1, 0.15) is 6.10 Å². The van der Waals surface area contributed by atoms with Gasteiger partial charge < -0.3 is 23.7 Å². The first-order valence-corrected chi connectivity index (χ1v) is 13.8. The average molecular weight is 499 g/mol. The number of ether oxygens (including phenoxy) is 5. The summed E-state index contributed by atoms with van der Waals surface area (Å²) in [5.74, 6) is 0.0786. The van der Waals surface area contributed by atoms with E-state index in [-0.39, 0.29) is 55.0 Å². The lowest BCUT2D eigenvalue weighted by atomic mass is 9.72. The monoisotopic (exact) mass is 498 g/mol. The van der Waals surface area contributed by atoms with Crippen LogP contribution in [0.1, 0.15) is 115 Å². The Hall–Kier alpha value is -0.950. The molecule has 1 rings (SSSR count). The van der Waals surface area contributed by atoms with Crippen molar-refractivity contribution in [1.29, 1.82) is 0 Å². The first-order chi connectivity index (χ1) is 16.3. The quantitative estimate of drug-likeness (QED) is 0.135. The van der Waals surface area contributed by atoms with Crippen molar-refractivity contribution >= 4 is 5.97 Å². The van der Waals surface area contributed by atoms with Crippen LogP contribution in [0.4, 0.5) is 0 Å². The molecule has 1 saturated carbocycles. The first kappa shape index (κ1) is 32.1. The Balaban J connectivity index is 3.02. The van der Waals surface area contributed by atoms with E-state index in [1.54, 1.807) is 0 Å². The molecule has 0 aromatic rings. The van der Waals surface area contributed by atoms with Crippen molar-refractivity contribution in [3.63, 3.8) is 0 Å². The molecule has 1 aliphatic rings. The van der Waals surface area contributed by atoms with E-state index in [4.69, 9.17) is 23.7 Å². The van der Waals surface area contributed by atoms with Gasteiger partial charge in [-0.05, 0) is 74.1 Å². The average Bonchev–Trinajstić information content (AvgIpc) is 2.71. The van der Waals surface area contributed by atoms with E-state index in [0.717, 1.165) is 12.8 Å². The van der Waals surface area contributed by atoms with Gasteiger partial charge in [-0.25, -0.2) is 0 Å². The molecule has 206 valence electrons. The van der Waals surface area contributed by atoms with Crippen LogP contribution in [0.15, 0.2) is 11.6 Å². The third-order valence-electron chi connectivity index (χ3n) is 6.91. The number of hydrogen-bond acceptors (Lipinski definition) is 6. The Morgan fingerprint density at radius 3 is 1.71 bits per heavy atom. The molecular formula is C29H54O6. The van der Waals surface area contributed by atoms with Gasteiger partial charge in [0.2, 0.25) is 0 Å². The van der Waals surface area contributed by atoms with E-state index in [0.29, 0.717) is 25.7 Å². The van der Waals surface area contributed by atoms with Gasteiger partial charge in [0, 0.05) is 19.3 Å². The topological polar surface area (TPSA) is 63.2 Å². The van der Waals surface area contributed by atoms with Crippen LogP contribution in [-0.4, -0.2) is 49.1 Å². The predicted octanol–water partition coefficient (Wildman–Crippen LogP) is 7.19. The van der Waals surface area contributed by atoms with Crippen molar-refractivity contribution < 1.29 is 28.5 Å². The molecule has 0 aliphatic heterocycles. The summed E-state index contributed by atoms with van der Waals surface area (Å²) in [6.45, 7) is 22.4. The third kappa shape index (κ3) is 11.3. The fourth-order valence-electron chi connectivity index (χ4n) is 5.04. The molecule has 6 unspecified atom stereocenters. The van der Waals surface area contributed by atoms with Gasteiger partial charge in [-0.1, -0.05) is 38.8 Å². The second-order valence-electron chi connectivity index (χ2n) is 11.1. The number of carbonyl (C=O) groups excluding carboxylic acids is 1. The normalized spacial score (nSPS) is 25.9. The van der Waals surface area contributed by atoms with Crippen molar-refractivity contribution in [3.05, 3.63) is 11.6 Å². The largest absolute Gasteiger partial charge is 0.462 e. The van der Waals surface area contributed by atoms with Crippen molar-refractivity contribution in [2.75, 3.05) is 0 Å². The Labute approximate surface area is 215 Å². The van der Waals surface area contributed by atoms with Crippen LogP contribution in [0.3, 0.4) is 0 Å². The molecule has 0 bridgehead atoms. The summed E-state index contributed by atoms with van der Waals surface area (Å²) < 4.78 is 30.3. The van der Waals surface area contributed by atoms with E-state index in [2.05, 4.69) is 40.7 Å². The minimum atomic E-state index is -0.573. The number of hydrogen-bond donors (Lipinski definition) is 0. The summed E-state index contributed by atoms with van der Waals surface area (Å²) in [4.78, 5) is 13.6. The van der Waals surface area contributed by atoms with Crippen LogP contribution < -0.4 is 0 Å². The molecule has 6 atom stereocenters. The van der Waals surface area contributed by atoms with Gasteiger partial charge in [-0.15, -0.1) is 0 Å². The summed E-state index contributed by atoms with van der Waals surface area (Å²) >= 11 is 0. The van der Waals surface area contributed by atoms with Crippen LogP contribution in [0.25, 0.3) is 0 Å². The maximum absolute atomic E-state index is 13.6. The molecule has 6 heteroatoms. The zero-order chi connectivity index (χ0) is 26.8. The van der Waals surface area contributed by atoms with E-state index >= 15 is 0 Å². The van der Waals surface area contributed by atoms with Crippen LogP contribution >= 0.6 is 0 Å². The number of esters is 1. The Morgan fingerprint density at radius 1 is 0.857 bits per heavy atom. The summed E-state index contributed by atoms with van der Waals surface area (Å²) in [6.07, 6.45) is 5.72. The minimum Gasteiger partial charge on any atom is -0.462 e. The molecule has 0 N–H and O–H groups in total. The van der Waals surface area contributed by atoms with Crippen molar-refractivity contribution in [2.24, 2.45) is 11.3 Å². The van der Waals surface area contributed by atoms with Gasteiger partial charge in [0.25, 0.3) is 0 Å². The highest BCUT2D eigenvalue weighted by Gasteiger charge is 2.42.